The SMILES string of the molecule is O=C(O)CCCCCN1C(=O)SC(=Cc2ccc(-c3ccc(Cl)cc3F)o2)C1=O. The average molecular weight is 438 g/mol. The Hall–Kier alpha value is -2.58. The van der Waals surface area contributed by atoms with Crippen molar-refractivity contribution in [3.63, 3.8) is 0 Å². The minimum absolute atomic E-state index is 0.0663. The summed E-state index contributed by atoms with van der Waals surface area (Å²) in [6.45, 7) is 0.237. The normalized spacial score (nSPS) is 15.5. The molecule has 0 aliphatic carbocycles. The summed E-state index contributed by atoms with van der Waals surface area (Å²) in [4.78, 5) is 36.4. The van der Waals surface area contributed by atoms with Crippen LogP contribution in [0.1, 0.15) is 31.4 Å². The number of thioether (sulfide) groups is 1. The van der Waals surface area contributed by atoms with Crippen molar-refractivity contribution in [3.8, 4) is 11.3 Å². The van der Waals surface area contributed by atoms with E-state index < -0.39 is 17.7 Å². The Morgan fingerprint density at radius 1 is 1.21 bits per heavy atom. The number of benzene rings is 1. The summed E-state index contributed by atoms with van der Waals surface area (Å²) in [6.07, 6.45) is 3.17. The third-order valence-electron chi connectivity index (χ3n) is 4.24. The number of imide groups is 1. The van der Waals surface area contributed by atoms with Gasteiger partial charge in [0.2, 0.25) is 0 Å². The molecule has 3 rings (SSSR count). The highest BCUT2D eigenvalue weighted by Crippen LogP contribution is 2.34. The first kappa shape index (κ1) is 21.1. The van der Waals surface area contributed by atoms with Crippen LogP contribution in [0.4, 0.5) is 9.18 Å². The van der Waals surface area contributed by atoms with Crippen LogP contribution >= 0.6 is 23.4 Å². The number of hydrogen-bond donors (Lipinski definition) is 1. The van der Waals surface area contributed by atoms with Crippen LogP contribution in [0, 0.1) is 5.82 Å². The number of amides is 2. The van der Waals surface area contributed by atoms with Crippen molar-refractivity contribution in [1.29, 1.82) is 0 Å². The van der Waals surface area contributed by atoms with Gasteiger partial charge in [0.25, 0.3) is 11.1 Å². The van der Waals surface area contributed by atoms with Gasteiger partial charge in [0.05, 0.1) is 10.5 Å². The van der Waals surface area contributed by atoms with E-state index in [0.717, 1.165) is 16.7 Å². The van der Waals surface area contributed by atoms with Gasteiger partial charge >= 0.3 is 5.97 Å². The Balaban J connectivity index is 1.65. The van der Waals surface area contributed by atoms with E-state index >= 15 is 0 Å². The van der Waals surface area contributed by atoms with Crippen LogP contribution in [-0.4, -0.2) is 33.7 Å². The molecule has 152 valence electrons. The van der Waals surface area contributed by atoms with E-state index in [4.69, 9.17) is 21.1 Å². The smallest absolute Gasteiger partial charge is 0.303 e. The van der Waals surface area contributed by atoms with Crippen LogP contribution in [0.3, 0.4) is 0 Å². The molecule has 1 saturated heterocycles. The predicted molar refractivity (Wildman–Crippen MR) is 108 cm³/mol. The van der Waals surface area contributed by atoms with Crippen molar-refractivity contribution in [2.45, 2.75) is 25.7 Å². The van der Waals surface area contributed by atoms with Crippen LogP contribution < -0.4 is 0 Å². The summed E-state index contributed by atoms with van der Waals surface area (Å²) in [5, 5.41) is 8.51. The number of carbonyl (C=O) groups is 3. The largest absolute Gasteiger partial charge is 0.481 e. The first-order chi connectivity index (χ1) is 13.8. The topological polar surface area (TPSA) is 87.8 Å². The molecule has 0 radical (unpaired) electrons. The van der Waals surface area contributed by atoms with Gasteiger partial charge in [-0.1, -0.05) is 18.0 Å². The molecular formula is C20H17ClFNO5S. The number of unbranched alkanes of at least 4 members (excludes halogenated alkanes) is 2. The number of rotatable bonds is 8. The Morgan fingerprint density at radius 2 is 2.00 bits per heavy atom. The number of aliphatic carboxylic acids is 1. The summed E-state index contributed by atoms with van der Waals surface area (Å²) in [5.41, 5.74) is 0.239. The maximum Gasteiger partial charge on any atom is 0.303 e. The molecule has 2 aromatic rings. The molecule has 0 atom stereocenters. The molecule has 2 heterocycles. The molecule has 0 saturated carbocycles. The minimum atomic E-state index is -0.865. The second-order valence-corrected chi connectivity index (χ2v) is 7.79. The first-order valence-electron chi connectivity index (χ1n) is 8.87. The summed E-state index contributed by atoms with van der Waals surface area (Å²) in [5.74, 6) is -1.21. The fourth-order valence-corrected chi connectivity index (χ4v) is 3.81. The molecule has 1 aliphatic heterocycles. The van der Waals surface area contributed by atoms with Crippen molar-refractivity contribution in [1.82, 2.24) is 4.90 Å². The van der Waals surface area contributed by atoms with E-state index in [-0.39, 0.29) is 39.5 Å². The molecule has 0 spiro atoms. The molecule has 1 aliphatic rings. The number of halogens is 2. The number of furan rings is 1. The van der Waals surface area contributed by atoms with E-state index in [2.05, 4.69) is 0 Å². The lowest BCUT2D eigenvalue weighted by molar-refractivity contribution is -0.137. The predicted octanol–water partition coefficient (Wildman–Crippen LogP) is 5.42. The zero-order valence-electron chi connectivity index (χ0n) is 15.2. The fraction of sp³-hybridized carbons (Fsp3) is 0.250. The van der Waals surface area contributed by atoms with Gasteiger partial charge in [0, 0.05) is 24.1 Å². The number of carboxylic acid groups (broad SMARTS) is 1. The first-order valence-corrected chi connectivity index (χ1v) is 10.1. The molecule has 0 unspecified atom stereocenters. The van der Waals surface area contributed by atoms with Crippen LogP contribution in [-0.2, 0) is 9.59 Å². The maximum atomic E-state index is 14.0. The quantitative estimate of drug-likeness (QED) is 0.438. The van der Waals surface area contributed by atoms with Crippen LogP contribution in [0.5, 0.6) is 0 Å². The Labute approximate surface area is 175 Å². The molecule has 2 amide bonds. The molecule has 6 nitrogen and oxygen atoms in total. The van der Waals surface area contributed by atoms with Gasteiger partial charge in [0.15, 0.2) is 0 Å². The minimum Gasteiger partial charge on any atom is -0.481 e. The lowest BCUT2D eigenvalue weighted by Crippen LogP contribution is -2.29. The van der Waals surface area contributed by atoms with Crippen molar-refractivity contribution < 1.29 is 28.3 Å². The van der Waals surface area contributed by atoms with E-state index in [0.29, 0.717) is 25.0 Å². The van der Waals surface area contributed by atoms with Crippen LogP contribution in [0.2, 0.25) is 5.02 Å². The Kier molecular flexibility index (Phi) is 6.76. The third-order valence-corrected chi connectivity index (χ3v) is 5.39. The molecule has 0 bridgehead atoms. The Morgan fingerprint density at radius 3 is 2.72 bits per heavy atom. The van der Waals surface area contributed by atoms with E-state index in [1.165, 1.54) is 18.2 Å². The maximum absolute atomic E-state index is 14.0. The summed E-state index contributed by atoms with van der Waals surface area (Å²) in [7, 11) is 0. The highest BCUT2D eigenvalue weighted by Gasteiger charge is 2.34. The lowest BCUT2D eigenvalue weighted by atomic mass is 10.1. The number of carbonyl (C=O) groups excluding carboxylic acids is 2. The van der Waals surface area contributed by atoms with Crippen molar-refractivity contribution >= 4 is 46.6 Å². The molecule has 1 fully saturated rings. The molecule has 29 heavy (non-hydrogen) atoms. The highest BCUT2D eigenvalue weighted by atomic mass is 35.5. The van der Waals surface area contributed by atoms with Crippen LogP contribution in [0.25, 0.3) is 17.4 Å². The number of nitrogens with zero attached hydrogens (tertiary/aromatic N) is 1. The van der Waals surface area contributed by atoms with Crippen LogP contribution in [0.15, 0.2) is 39.7 Å². The zero-order chi connectivity index (χ0) is 21.0. The van der Waals surface area contributed by atoms with Gasteiger partial charge < -0.3 is 9.52 Å². The van der Waals surface area contributed by atoms with Gasteiger partial charge in [-0.15, -0.1) is 0 Å². The zero-order valence-corrected chi connectivity index (χ0v) is 16.8. The highest BCUT2D eigenvalue weighted by molar-refractivity contribution is 8.18. The molecular weight excluding hydrogens is 421 g/mol. The second kappa shape index (κ2) is 9.28. The third kappa shape index (κ3) is 5.27. The average Bonchev–Trinajstić information content (AvgIpc) is 3.21. The van der Waals surface area contributed by atoms with E-state index in [9.17, 15) is 18.8 Å². The van der Waals surface area contributed by atoms with Gasteiger partial charge in [-0.05, 0) is 54.9 Å². The molecule has 1 N–H and O–H groups in total. The summed E-state index contributed by atoms with van der Waals surface area (Å²) < 4.78 is 19.6. The monoisotopic (exact) mass is 437 g/mol. The second-order valence-electron chi connectivity index (χ2n) is 6.36. The van der Waals surface area contributed by atoms with Gasteiger partial charge in [-0.25, -0.2) is 4.39 Å². The lowest BCUT2D eigenvalue weighted by Gasteiger charge is -2.11. The molecule has 1 aromatic carbocycles. The van der Waals surface area contributed by atoms with E-state index in [1.54, 1.807) is 18.2 Å². The van der Waals surface area contributed by atoms with Crippen molar-refractivity contribution in [3.05, 3.63) is 51.8 Å². The molecule has 1 aromatic heterocycles. The molecule has 9 heteroatoms. The van der Waals surface area contributed by atoms with Crippen molar-refractivity contribution in [2.75, 3.05) is 6.54 Å². The standard InChI is InChI=1S/C20H17ClFNO5S/c21-12-5-7-14(15(22)10-12)16-8-6-13(28-16)11-17-19(26)23(20(27)29-17)9-3-1-2-4-18(24)25/h5-8,10-11H,1-4,9H2,(H,24,25). The van der Waals surface area contributed by atoms with Gasteiger partial charge in [0.1, 0.15) is 17.3 Å². The number of hydrogen-bond acceptors (Lipinski definition) is 5. The summed E-state index contributed by atoms with van der Waals surface area (Å²) in [6, 6.07) is 7.39. The number of carboxylic acids is 1. The summed E-state index contributed by atoms with van der Waals surface area (Å²) >= 11 is 6.56. The Bertz CT molecular complexity index is 987. The van der Waals surface area contributed by atoms with Crippen molar-refractivity contribution in [2.24, 2.45) is 0 Å². The fourth-order valence-electron chi connectivity index (χ4n) is 2.81. The van der Waals surface area contributed by atoms with Gasteiger partial charge in [-0.3, -0.25) is 19.3 Å². The van der Waals surface area contributed by atoms with E-state index in [1.807, 2.05) is 0 Å². The van der Waals surface area contributed by atoms with Gasteiger partial charge in [-0.2, -0.15) is 0 Å².